The van der Waals surface area contributed by atoms with Gasteiger partial charge in [0.1, 0.15) is 5.82 Å². The number of amides is 1. The van der Waals surface area contributed by atoms with E-state index in [-0.39, 0.29) is 11.7 Å². The summed E-state index contributed by atoms with van der Waals surface area (Å²) in [4.78, 5) is 16.7. The standard InChI is InChI=1S/C19H21ClFN3O/c20-18-11-17(21)6-5-16(18)13-23-7-9-24(10-8-23)19(25)15-3-1-14(12-22)2-4-15/h1-6,11H,7-10,12-13,22H2. The predicted octanol–water partition coefficient (Wildman–Crippen LogP) is 2.90. The largest absolute Gasteiger partial charge is 0.336 e. The Kier molecular flexibility index (Phi) is 5.68. The highest BCUT2D eigenvalue weighted by molar-refractivity contribution is 6.31. The molecule has 132 valence electrons. The molecule has 1 aliphatic rings. The number of halogens is 2. The van der Waals surface area contributed by atoms with Crippen LogP contribution < -0.4 is 5.73 Å². The van der Waals surface area contributed by atoms with Crippen LogP contribution >= 0.6 is 11.6 Å². The van der Waals surface area contributed by atoms with Crippen LogP contribution in [0.3, 0.4) is 0 Å². The molecule has 1 amide bonds. The molecule has 0 unspecified atom stereocenters. The fourth-order valence-corrected chi connectivity index (χ4v) is 3.19. The Morgan fingerprint density at radius 2 is 1.76 bits per heavy atom. The van der Waals surface area contributed by atoms with Crippen LogP contribution in [0.15, 0.2) is 42.5 Å². The molecule has 1 saturated heterocycles. The Hall–Kier alpha value is -1.95. The van der Waals surface area contributed by atoms with Gasteiger partial charge >= 0.3 is 0 Å². The maximum Gasteiger partial charge on any atom is 0.253 e. The number of carbonyl (C=O) groups is 1. The summed E-state index contributed by atoms with van der Waals surface area (Å²) in [5.74, 6) is -0.284. The molecule has 1 heterocycles. The molecule has 2 aromatic carbocycles. The Morgan fingerprint density at radius 3 is 2.36 bits per heavy atom. The molecule has 4 nitrogen and oxygen atoms in total. The van der Waals surface area contributed by atoms with Crippen molar-refractivity contribution in [1.29, 1.82) is 0 Å². The van der Waals surface area contributed by atoms with Crippen molar-refractivity contribution >= 4 is 17.5 Å². The molecule has 3 rings (SSSR count). The number of hydrogen-bond acceptors (Lipinski definition) is 3. The summed E-state index contributed by atoms with van der Waals surface area (Å²) in [7, 11) is 0. The summed E-state index contributed by atoms with van der Waals surface area (Å²) >= 11 is 6.09. The van der Waals surface area contributed by atoms with Gasteiger partial charge in [0.2, 0.25) is 0 Å². The molecule has 0 spiro atoms. The van der Waals surface area contributed by atoms with Gasteiger partial charge in [-0.2, -0.15) is 0 Å². The topological polar surface area (TPSA) is 49.6 Å². The van der Waals surface area contributed by atoms with Crippen molar-refractivity contribution in [3.05, 3.63) is 70.0 Å². The molecule has 2 N–H and O–H groups in total. The minimum atomic E-state index is -0.329. The molecule has 1 aliphatic heterocycles. The van der Waals surface area contributed by atoms with Crippen LogP contribution in [0.4, 0.5) is 4.39 Å². The lowest BCUT2D eigenvalue weighted by molar-refractivity contribution is 0.0628. The summed E-state index contributed by atoms with van der Waals surface area (Å²) in [5.41, 5.74) is 8.19. The number of carbonyl (C=O) groups excluding carboxylic acids is 1. The van der Waals surface area contributed by atoms with Crippen molar-refractivity contribution in [3.8, 4) is 0 Å². The highest BCUT2D eigenvalue weighted by atomic mass is 35.5. The van der Waals surface area contributed by atoms with Gasteiger partial charge in [-0.1, -0.05) is 29.8 Å². The first-order valence-corrected chi connectivity index (χ1v) is 8.69. The van der Waals surface area contributed by atoms with Gasteiger partial charge in [-0.3, -0.25) is 9.69 Å². The number of nitrogens with zero attached hydrogens (tertiary/aromatic N) is 2. The lowest BCUT2D eigenvalue weighted by Crippen LogP contribution is -2.48. The predicted molar refractivity (Wildman–Crippen MR) is 96.9 cm³/mol. The number of nitrogens with two attached hydrogens (primary N) is 1. The van der Waals surface area contributed by atoms with E-state index in [1.54, 1.807) is 6.07 Å². The Morgan fingerprint density at radius 1 is 1.08 bits per heavy atom. The summed E-state index contributed by atoms with van der Waals surface area (Å²) < 4.78 is 13.1. The van der Waals surface area contributed by atoms with E-state index < -0.39 is 0 Å². The van der Waals surface area contributed by atoms with E-state index in [2.05, 4.69) is 4.90 Å². The smallest absolute Gasteiger partial charge is 0.253 e. The molecule has 0 bridgehead atoms. The SMILES string of the molecule is NCc1ccc(C(=O)N2CCN(Cc3ccc(F)cc3Cl)CC2)cc1. The summed E-state index contributed by atoms with van der Waals surface area (Å²) in [6.45, 7) is 3.98. The van der Waals surface area contributed by atoms with Gasteiger partial charge in [-0.05, 0) is 35.4 Å². The van der Waals surface area contributed by atoms with Crippen LogP contribution in [0.1, 0.15) is 21.5 Å². The highest BCUT2D eigenvalue weighted by Gasteiger charge is 2.22. The quantitative estimate of drug-likeness (QED) is 0.911. The Balaban J connectivity index is 1.56. The molecule has 0 aromatic heterocycles. The summed E-state index contributed by atoms with van der Waals surface area (Å²) in [6, 6.07) is 11.9. The molecule has 1 fully saturated rings. The third-order valence-electron chi connectivity index (χ3n) is 4.51. The average Bonchev–Trinajstić information content (AvgIpc) is 2.64. The fourth-order valence-electron chi connectivity index (χ4n) is 2.97. The van der Waals surface area contributed by atoms with Gasteiger partial charge < -0.3 is 10.6 Å². The second-order valence-corrected chi connectivity index (χ2v) is 6.61. The van der Waals surface area contributed by atoms with E-state index in [0.29, 0.717) is 36.8 Å². The first kappa shape index (κ1) is 17.9. The molecular weight excluding hydrogens is 341 g/mol. The van der Waals surface area contributed by atoms with Crippen LogP contribution in [0, 0.1) is 5.82 Å². The normalized spacial score (nSPS) is 15.4. The second kappa shape index (κ2) is 7.95. The van der Waals surface area contributed by atoms with Crippen LogP contribution in [0.5, 0.6) is 0 Å². The summed E-state index contributed by atoms with van der Waals surface area (Å²) in [5, 5.41) is 0.443. The first-order valence-electron chi connectivity index (χ1n) is 8.31. The number of hydrogen-bond donors (Lipinski definition) is 1. The highest BCUT2D eigenvalue weighted by Crippen LogP contribution is 2.20. The molecule has 0 atom stereocenters. The average molecular weight is 362 g/mol. The van der Waals surface area contributed by atoms with Gasteiger partial charge in [0.05, 0.1) is 0 Å². The van der Waals surface area contributed by atoms with E-state index in [4.69, 9.17) is 17.3 Å². The number of benzene rings is 2. The van der Waals surface area contributed by atoms with Crippen LogP contribution in [0.25, 0.3) is 0 Å². The molecule has 6 heteroatoms. The van der Waals surface area contributed by atoms with E-state index in [1.165, 1.54) is 12.1 Å². The maximum atomic E-state index is 13.1. The lowest BCUT2D eigenvalue weighted by Gasteiger charge is -2.35. The van der Waals surface area contributed by atoms with Crippen molar-refractivity contribution in [3.63, 3.8) is 0 Å². The van der Waals surface area contributed by atoms with Gasteiger partial charge in [-0.25, -0.2) is 4.39 Å². The van der Waals surface area contributed by atoms with Crippen LogP contribution in [-0.2, 0) is 13.1 Å². The monoisotopic (exact) mass is 361 g/mol. The van der Waals surface area contributed by atoms with Crippen molar-refractivity contribution in [2.24, 2.45) is 5.73 Å². The number of rotatable bonds is 4. The number of piperazine rings is 1. The van der Waals surface area contributed by atoms with Crippen LogP contribution in [-0.4, -0.2) is 41.9 Å². The van der Waals surface area contributed by atoms with E-state index in [9.17, 15) is 9.18 Å². The van der Waals surface area contributed by atoms with Gasteiger partial charge in [0.25, 0.3) is 5.91 Å². The van der Waals surface area contributed by atoms with Crippen molar-refractivity contribution in [1.82, 2.24) is 9.80 Å². The van der Waals surface area contributed by atoms with Crippen molar-refractivity contribution in [2.45, 2.75) is 13.1 Å². The first-order chi connectivity index (χ1) is 12.1. The molecule has 25 heavy (non-hydrogen) atoms. The maximum absolute atomic E-state index is 13.1. The van der Waals surface area contributed by atoms with E-state index >= 15 is 0 Å². The summed E-state index contributed by atoms with van der Waals surface area (Å²) in [6.07, 6.45) is 0. The van der Waals surface area contributed by atoms with Crippen LogP contribution in [0.2, 0.25) is 5.02 Å². The molecule has 2 aromatic rings. The third kappa shape index (κ3) is 4.37. The Labute approximate surface area is 152 Å². The van der Waals surface area contributed by atoms with Gasteiger partial charge in [0, 0.05) is 49.9 Å². The van der Waals surface area contributed by atoms with E-state index in [0.717, 1.165) is 24.2 Å². The fraction of sp³-hybridized carbons (Fsp3) is 0.316. The zero-order valence-corrected chi connectivity index (χ0v) is 14.7. The van der Waals surface area contributed by atoms with Gasteiger partial charge in [0.15, 0.2) is 0 Å². The minimum absolute atomic E-state index is 0.0445. The zero-order chi connectivity index (χ0) is 17.8. The second-order valence-electron chi connectivity index (χ2n) is 6.21. The molecular formula is C19H21ClFN3O. The van der Waals surface area contributed by atoms with Gasteiger partial charge in [-0.15, -0.1) is 0 Å². The molecule has 0 aliphatic carbocycles. The molecule has 0 saturated carbocycles. The van der Waals surface area contributed by atoms with Crippen molar-refractivity contribution < 1.29 is 9.18 Å². The zero-order valence-electron chi connectivity index (χ0n) is 13.9. The molecule has 0 radical (unpaired) electrons. The van der Waals surface area contributed by atoms with E-state index in [1.807, 2.05) is 29.2 Å². The lowest BCUT2D eigenvalue weighted by atomic mass is 10.1. The third-order valence-corrected chi connectivity index (χ3v) is 4.86. The minimum Gasteiger partial charge on any atom is -0.336 e. The Bertz CT molecular complexity index is 743. The van der Waals surface area contributed by atoms with Crippen molar-refractivity contribution in [2.75, 3.05) is 26.2 Å².